The summed E-state index contributed by atoms with van der Waals surface area (Å²) in [4.78, 5) is 11.9. The number of thiazole rings is 1. The van der Waals surface area contributed by atoms with Gasteiger partial charge in [-0.2, -0.15) is 0 Å². The summed E-state index contributed by atoms with van der Waals surface area (Å²) in [6, 6.07) is 9.55. The van der Waals surface area contributed by atoms with E-state index in [-0.39, 0.29) is 5.75 Å². The summed E-state index contributed by atoms with van der Waals surface area (Å²) in [6.45, 7) is 1.97. The number of pyridine rings is 1. The van der Waals surface area contributed by atoms with Crippen molar-refractivity contribution in [3.8, 4) is 16.3 Å². The van der Waals surface area contributed by atoms with Gasteiger partial charge in [-0.15, -0.1) is 0 Å². The fourth-order valence-corrected chi connectivity index (χ4v) is 3.05. The topological polar surface area (TPSA) is 49.2 Å². The number of aromatic hydroxyl groups is 1. The number of rotatable bonds is 2. The van der Waals surface area contributed by atoms with Crippen LogP contribution in [0.3, 0.4) is 0 Å². The fraction of sp³-hybridized carbons (Fsp3) is 0.200. The molecule has 0 amide bonds. The van der Waals surface area contributed by atoms with E-state index in [1.165, 1.54) is 0 Å². The first-order valence-electron chi connectivity index (χ1n) is 6.29. The van der Waals surface area contributed by atoms with Crippen LogP contribution in [-0.4, -0.2) is 29.2 Å². The fourth-order valence-electron chi connectivity index (χ4n) is 2.07. The predicted octanol–water partition coefficient (Wildman–Crippen LogP) is 3.44. The summed E-state index contributed by atoms with van der Waals surface area (Å²) in [7, 11) is 3.80. The van der Waals surface area contributed by atoms with Crippen molar-refractivity contribution in [3.63, 3.8) is 0 Å². The van der Waals surface area contributed by atoms with Crippen LogP contribution >= 0.6 is 11.3 Å². The van der Waals surface area contributed by atoms with E-state index >= 15 is 0 Å². The van der Waals surface area contributed by atoms with Crippen LogP contribution in [0, 0.1) is 6.92 Å². The molecule has 0 unspecified atom stereocenters. The molecule has 0 radical (unpaired) electrons. The number of phenolic OH excluding ortho intramolecular Hbond substituents is 1. The molecule has 1 N–H and O–H groups in total. The first-order valence-corrected chi connectivity index (χ1v) is 7.11. The molecule has 5 heteroatoms. The van der Waals surface area contributed by atoms with Gasteiger partial charge in [0, 0.05) is 25.4 Å². The summed E-state index contributed by atoms with van der Waals surface area (Å²) < 4.78 is 0. The van der Waals surface area contributed by atoms with Crippen molar-refractivity contribution in [1.82, 2.24) is 9.97 Å². The minimum Gasteiger partial charge on any atom is -0.506 e. The van der Waals surface area contributed by atoms with Crippen LogP contribution in [0.5, 0.6) is 5.75 Å². The largest absolute Gasteiger partial charge is 0.506 e. The second-order valence-corrected chi connectivity index (χ2v) is 5.87. The van der Waals surface area contributed by atoms with Crippen LogP contribution in [0.15, 0.2) is 30.3 Å². The molecule has 0 aliphatic heterocycles. The Morgan fingerprint density at radius 1 is 1.10 bits per heavy atom. The van der Waals surface area contributed by atoms with Crippen LogP contribution in [0.2, 0.25) is 0 Å². The van der Waals surface area contributed by atoms with Crippen LogP contribution in [0.4, 0.5) is 5.69 Å². The third-order valence-corrected chi connectivity index (χ3v) is 4.11. The summed E-state index contributed by atoms with van der Waals surface area (Å²) in [5.41, 5.74) is 3.59. The highest BCUT2D eigenvalue weighted by atomic mass is 32.1. The highest BCUT2D eigenvalue weighted by Gasteiger charge is 2.10. The van der Waals surface area contributed by atoms with Gasteiger partial charge >= 0.3 is 0 Å². The van der Waals surface area contributed by atoms with Gasteiger partial charge in [0.05, 0.1) is 5.69 Å². The summed E-state index contributed by atoms with van der Waals surface area (Å²) in [5.74, 6) is 0.260. The molecular formula is C15H15N3OS. The van der Waals surface area contributed by atoms with E-state index in [9.17, 15) is 5.11 Å². The van der Waals surface area contributed by atoms with Crippen molar-refractivity contribution >= 4 is 27.4 Å². The minimum atomic E-state index is 0.260. The third kappa shape index (κ3) is 2.20. The number of fused-ring (bicyclic) bond motifs is 1. The van der Waals surface area contributed by atoms with Crippen LogP contribution in [0.25, 0.3) is 20.9 Å². The van der Waals surface area contributed by atoms with Gasteiger partial charge in [0.2, 0.25) is 0 Å². The molecule has 4 nitrogen and oxygen atoms in total. The molecule has 0 aliphatic carbocycles. The van der Waals surface area contributed by atoms with Gasteiger partial charge in [-0.25, -0.2) is 9.97 Å². The Bertz CT molecular complexity index is 780. The summed E-state index contributed by atoms with van der Waals surface area (Å²) in [5, 5.41) is 10.9. The molecule has 0 saturated heterocycles. The Hall–Kier alpha value is -2.14. The van der Waals surface area contributed by atoms with Crippen LogP contribution < -0.4 is 4.90 Å². The average molecular weight is 285 g/mol. The number of hydrogen-bond acceptors (Lipinski definition) is 5. The SMILES string of the molecule is Cc1ccc2nc(-c3ccc(N(C)C)c(O)c3)sc2n1. The lowest BCUT2D eigenvalue weighted by atomic mass is 10.2. The normalized spacial score (nSPS) is 10.9. The molecule has 2 heterocycles. The number of hydrogen-bond donors (Lipinski definition) is 1. The molecule has 0 atom stereocenters. The van der Waals surface area contributed by atoms with Crippen LogP contribution in [-0.2, 0) is 0 Å². The maximum atomic E-state index is 10.1. The van der Waals surface area contributed by atoms with Gasteiger partial charge in [-0.1, -0.05) is 11.3 Å². The molecule has 2 aromatic heterocycles. The molecule has 0 fully saturated rings. The van der Waals surface area contributed by atoms with Gasteiger partial charge in [0.25, 0.3) is 0 Å². The van der Waals surface area contributed by atoms with Crippen molar-refractivity contribution in [1.29, 1.82) is 0 Å². The summed E-state index contributed by atoms with van der Waals surface area (Å²) in [6.07, 6.45) is 0. The van der Waals surface area contributed by atoms with Gasteiger partial charge in [-0.05, 0) is 37.3 Å². The van der Waals surface area contributed by atoms with Crippen molar-refractivity contribution in [2.45, 2.75) is 6.92 Å². The second-order valence-electron chi connectivity index (χ2n) is 4.89. The molecule has 0 bridgehead atoms. The Kier molecular flexibility index (Phi) is 3.06. The molecule has 0 saturated carbocycles. The minimum absolute atomic E-state index is 0.260. The Morgan fingerprint density at radius 3 is 2.60 bits per heavy atom. The Balaban J connectivity index is 2.08. The Morgan fingerprint density at radius 2 is 1.90 bits per heavy atom. The van der Waals surface area contributed by atoms with E-state index in [4.69, 9.17) is 0 Å². The van der Waals surface area contributed by atoms with Gasteiger partial charge < -0.3 is 10.0 Å². The van der Waals surface area contributed by atoms with E-state index in [0.29, 0.717) is 0 Å². The standard InChI is InChI=1S/C15H15N3OS/c1-9-4-6-11-15(16-9)20-14(17-11)10-5-7-12(18(2)3)13(19)8-10/h4-8,19H,1-3H3. The molecule has 0 spiro atoms. The molecule has 3 aromatic rings. The third-order valence-electron chi connectivity index (χ3n) is 3.10. The lowest BCUT2D eigenvalue weighted by Crippen LogP contribution is -2.08. The highest BCUT2D eigenvalue weighted by molar-refractivity contribution is 7.21. The van der Waals surface area contributed by atoms with E-state index < -0.39 is 0 Å². The van der Waals surface area contributed by atoms with Gasteiger partial charge in [0.15, 0.2) is 0 Å². The molecule has 0 aliphatic rings. The number of phenols is 1. The van der Waals surface area contributed by atoms with E-state index in [2.05, 4.69) is 9.97 Å². The predicted molar refractivity (Wildman–Crippen MR) is 83.6 cm³/mol. The zero-order valence-corrected chi connectivity index (χ0v) is 12.4. The molecule has 102 valence electrons. The lowest BCUT2D eigenvalue weighted by Gasteiger charge is -2.14. The first-order chi connectivity index (χ1) is 9.54. The maximum absolute atomic E-state index is 10.1. The summed E-state index contributed by atoms with van der Waals surface area (Å²) >= 11 is 1.54. The number of benzene rings is 1. The number of nitrogens with zero attached hydrogens (tertiary/aromatic N) is 3. The van der Waals surface area contributed by atoms with E-state index in [0.717, 1.165) is 32.3 Å². The lowest BCUT2D eigenvalue weighted by molar-refractivity contribution is 0.476. The van der Waals surface area contributed by atoms with Crippen molar-refractivity contribution in [2.75, 3.05) is 19.0 Å². The molecular weight excluding hydrogens is 270 g/mol. The molecule has 3 rings (SSSR count). The first kappa shape index (κ1) is 12.9. The Labute approximate surface area is 121 Å². The van der Waals surface area contributed by atoms with Crippen LogP contribution in [0.1, 0.15) is 5.69 Å². The van der Waals surface area contributed by atoms with Gasteiger partial charge in [-0.3, -0.25) is 0 Å². The zero-order valence-electron chi connectivity index (χ0n) is 11.6. The zero-order chi connectivity index (χ0) is 14.3. The van der Waals surface area contributed by atoms with Crippen molar-refractivity contribution < 1.29 is 5.11 Å². The number of aryl methyl sites for hydroxylation is 1. The quantitative estimate of drug-likeness (QED) is 0.783. The maximum Gasteiger partial charge on any atom is 0.144 e. The smallest absolute Gasteiger partial charge is 0.144 e. The monoisotopic (exact) mass is 285 g/mol. The second kappa shape index (κ2) is 4.76. The van der Waals surface area contributed by atoms with E-state index in [1.54, 1.807) is 17.4 Å². The number of aromatic nitrogens is 2. The number of anilines is 1. The molecule has 1 aromatic carbocycles. The average Bonchev–Trinajstić information content (AvgIpc) is 2.81. The highest BCUT2D eigenvalue weighted by Crippen LogP contribution is 2.34. The van der Waals surface area contributed by atoms with Crippen molar-refractivity contribution in [3.05, 3.63) is 36.0 Å². The van der Waals surface area contributed by atoms with Gasteiger partial charge in [0.1, 0.15) is 21.1 Å². The molecule has 20 heavy (non-hydrogen) atoms. The van der Waals surface area contributed by atoms with E-state index in [1.807, 2.05) is 50.2 Å². The van der Waals surface area contributed by atoms with Crippen molar-refractivity contribution in [2.24, 2.45) is 0 Å².